The van der Waals surface area contributed by atoms with E-state index in [0.717, 1.165) is 24.1 Å². The summed E-state index contributed by atoms with van der Waals surface area (Å²) >= 11 is 0. The summed E-state index contributed by atoms with van der Waals surface area (Å²) in [6, 6.07) is 13.1. The van der Waals surface area contributed by atoms with E-state index in [0.29, 0.717) is 6.42 Å². The molecule has 2 rings (SSSR count). The lowest BCUT2D eigenvalue weighted by molar-refractivity contribution is 0.576. The number of nitrogen functional groups attached to an aromatic ring is 1. The third-order valence-corrected chi connectivity index (χ3v) is 4.56. The molecule has 112 valence electrons. The molecule has 0 fully saturated rings. The van der Waals surface area contributed by atoms with Gasteiger partial charge in [-0.25, -0.2) is 17.5 Å². The minimum Gasteiger partial charge on any atom is -0.398 e. The largest absolute Gasteiger partial charge is 0.398 e. The lowest BCUT2D eigenvalue weighted by Gasteiger charge is -2.09. The Labute approximate surface area is 123 Å². The average Bonchev–Trinajstić information content (AvgIpc) is 2.47. The number of hydrogen-bond donors (Lipinski definition) is 2. The van der Waals surface area contributed by atoms with E-state index in [2.05, 4.69) is 4.72 Å². The fourth-order valence-corrected chi connectivity index (χ4v) is 3.18. The van der Waals surface area contributed by atoms with Crippen LogP contribution in [0, 0.1) is 5.82 Å². The van der Waals surface area contributed by atoms with Crippen molar-refractivity contribution >= 4 is 15.7 Å². The predicted octanol–water partition coefficient (Wildman–Crippen LogP) is 2.32. The van der Waals surface area contributed by atoms with Crippen molar-refractivity contribution in [1.29, 1.82) is 0 Å². The normalized spacial score (nSPS) is 11.5. The molecule has 0 aliphatic carbocycles. The highest BCUT2D eigenvalue weighted by molar-refractivity contribution is 7.89. The molecule has 0 spiro atoms. The molecule has 0 aliphatic rings. The molecule has 0 unspecified atom stereocenters. The third-order valence-electron chi connectivity index (χ3n) is 3.04. The van der Waals surface area contributed by atoms with Crippen LogP contribution in [0.3, 0.4) is 0 Å². The monoisotopic (exact) mass is 308 g/mol. The first-order valence-electron chi connectivity index (χ1n) is 6.58. The van der Waals surface area contributed by atoms with Gasteiger partial charge in [-0.3, -0.25) is 0 Å². The van der Waals surface area contributed by atoms with E-state index in [1.54, 1.807) is 0 Å². The highest BCUT2D eigenvalue weighted by Gasteiger charge is 2.17. The number of halogens is 1. The standard InChI is InChI=1S/C15H17FN2O2S/c16-13-8-9-14(17)15(11-13)21(19,20)18-10-4-7-12-5-2-1-3-6-12/h1-3,5-6,8-9,11,18H,4,7,10,17H2. The van der Waals surface area contributed by atoms with Gasteiger partial charge in [-0.15, -0.1) is 0 Å². The average molecular weight is 308 g/mol. The molecule has 0 aromatic heterocycles. The predicted molar refractivity (Wildman–Crippen MR) is 80.8 cm³/mol. The van der Waals surface area contributed by atoms with Crippen molar-refractivity contribution in [2.45, 2.75) is 17.7 Å². The van der Waals surface area contributed by atoms with Gasteiger partial charge in [0.15, 0.2) is 0 Å². The zero-order valence-electron chi connectivity index (χ0n) is 11.4. The molecule has 2 aromatic rings. The van der Waals surface area contributed by atoms with Gasteiger partial charge in [-0.1, -0.05) is 30.3 Å². The number of nitrogens with one attached hydrogen (secondary N) is 1. The Kier molecular flexibility index (Phi) is 4.93. The second-order valence-electron chi connectivity index (χ2n) is 4.67. The van der Waals surface area contributed by atoms with E-state index < -0.39 is 15.8 Å². The summed E-state index contributed by atoms with van der Waals surface area (Å²) in [6.45, 7) is 0.271. The Hall–Kier alpha value is -1.92. The van der Waals surface area contributed by atoms with E-state index >= 15 is 0 Å². The Morgan fingerprint density at radius 3 is 2.52 bits per heavy atom. The van der Waals surface area contributed by atoms with Gasteiger partial charge in [0, 0.05) is 6.54 Å². The Balaban J connectivity index is 1.94. The number of nitrogens with two attached hydrogens (primary N) is 1. The molecule has 2 aromatic carbocycles. The van der Waals surface area contributed by atoms with Crippen molar-refractivity contribution in [2.24, 2.45) is 0 Å². The molecule has 0 saturated carbocycles. The molecule has 0 aliphatic heterocycles. The van der Waals surface area contributed by atoms with Crippen LogP contribution < -0.4 is 10.5 Å². The summed E-state index contributed by atoms with van der Waals surface area (Å²) in [7, 11) is -3.78. The van der Waals surface area contributed by atoms with Gasteiger partial charge >= 0.3 is 0 Å². The van der Waals surface area contributed by atoms with Crippen LogP contribution >= 0.6 is 0 Å². The van der Waals surface area contributed by atoms with Gasteiger partial charge in [-0.05, 0) is 36.6 Å². The number of aryl methyl sites for hydroxylation is 1. The second kappa shape index (κ2) is 6.69. The molecule has 21 heavy (non-hydrogen) atoms. The number of anilines is 1. The molecule has 0 radical (unpaired) electrons. The highest BCUT2D eigenvalue weighted by Crippen LogP contribution is 2.19. The zero-order valence-corrected chi connectivity index (χ0v) is 12.2. The second-order valence-corrected chi connectivity index (χ2v) is 6.40. The van der Waals surface area contributed by atoms with E-state index in [-0.39, 0.29) is 17.1 Å². The first-order chi connectivity index (χ1) is 9.99. The van der Waals surface area contributed by atoms with Gasteiger partial charge < -0.3 is 5.73 Å². The van der Waals surface area contributed by atoms with E-state index in [4.69, 9.17) is 5.73 Å². The summed E-state index contributed by atoms with van der Waals surface area (Å²) in [5.41, 5.74) is 6.76. The van der Waals surface area contributed by atoms with E-state index in [1.807, 2.05) is 30.3 Å². The van der Waals surface area contributed by atoms with Crippen LogP contribution in [0.1, 0.15) is 12.0 Å². The van der Waals surface area contributed by atoms with Gasteiger partial charge in [0.05, 0.1) is 5.69 Å². The molecule has 0 saturated heterocycles. The van der Waals surface area contributed by atoms with Crippen LogP contribution in [-0.2, 0) is 16.4 Å². The summed E-state index contributed by atoms with van der Waals surface area (Å²) in [5, 5.41) is 0. The maximum absolute atomic E-state index is 13.1. The van der Waals surface area contributed by atoms with Gasteiger partial charge in [-0.2, -0.15) is 0 Å². The SMILES string of the molecule is Nc1ccc(F)cc1S(=O)(=O)NCCCc1ccccc1. The lowest BCUT2D eigenvalue weighted by atomic mass is 10.1. The summed E-state index contributed by atoms with van der Waals surface area (Å²) in [6.07, 6.45) is 1.42. The van der Waals surface area contributed by atoms with E-state index in [1.165, 1.54) is 6.07 Å². The first kappa shape index (κ1) is 15.5. The molecule has 0 atom stereocenters. The highest BCUT2D eigenvalue weighted by atomic mass is 32.2. The van der Waals surface area contributed by atoms with E-state index in [9.17, 15) is 12.8 Å². The van der Waals surface area contributed by atoms with Crippen molar-refractivity contribution in [3.63, 3.8) is 0 Å². The Morgan fingerprint density at radius 1 is 1.10 bits per heavy atom. The van der Waals surface area contributed by atoms with Crippen LogP contribution in [-0.4, -0.2) is 15.0 Å². The van der Waals surface area contributed by atoms with Crippen molar-refractivity contribution in [2.75, 3.05) is 12.3 Å². The molecule has 0 heterocycles. The molecule has 0 amide bonds. The maximum atomic E-state index is 13.1. The van der Waals surface area contributed by atoms with Gasteiger partial charge in [0.25, 0.3) is 0 Å². The fourth-order valence-electron chi connectivity index (χ4n) is 1.96. The number of rotatable bonds is 6. The summed E-state index contributed by atoms with van der Waals surface area (Å²) < 4.78 is 39.7. The van der Waals surface area contributed by atoms with Crippen LogP contribution in [0.5, 0.6) is 0 Å². The quantitative estimate of drug-likeness (QED) is 0.635. The Bertz CT molecular complexity index is 703. The van der Waals surface area contributed by atoms with Crippen LogP contribution in [0.25, 0.3) is 0 Å². The zero-order chi connectivity index (χ0) is 15.3. The molecule has 0 bridgehead atoms. The smallest absolute Gasteiger partial charge is 0.242 e. The minimum absolute atomic E-state index is 0.0342. The maximum Gasteiger partial charge on any atom is 0.242 e. The van der Waals surface area contributed by atoms with Gasteiger partial charge in [0.2, 0.25) is 10.0 Å². The molecule has 4 nitrogen and oxygen atoms in total. The van der Waals surface area contributed by atoms with Crippen molar-refractivity contribution < 1.29 is 12.8 Å². The topological polar surface area (TPSA) is 72.2 Å². The first-order valence-corrected chi connectivity index (χ1v) is 8.06. The van der Waals surface area contributed by atoms with Crippen LogP contribution in [0.15, 0.2) is 53.4 Å². The number of benzene rings is 2. The van der Waals surface area contributed by atoms with Crippen LogP contribution in [0.2, 0.25) is 0 Å². The summed E-state index contributed by atoms with van der Waals surface area (Å²) in [5.74, 6) is -0.631. The van der Waals surface area contributed by atoms with Crippen molar-refractivity contribution in [1.82, 2.24) is 4.72 Å². The third kappa shape index (κ3) is 4.27. The summed E-state index contributed by atoms with van der Waals surface area (Å²) in [4.78, 5) is -0.220. The van der Waals surface area contributed by atoms with Gasteiger partial charge in [0.1, 0.15) is 10.7 Å². The molecule has 3 N–H and O–H groups in total. The van der Waals surface area contributed by atoms with Crippen LogP contribution in [0.4, 0.5) is 10.1 Å². The fraction of sp³-hybridized carbons (Fsp3) is 0.200. The number of sulfonamides is 1. The minimum atomic E-state index is -3.78. The number of hydrogen-bond acceptors (Lipinski definition) is 3. The molecular weight excluding hydrogens is 291 g/mol. The molecule has 6 heteroatoms. The van der Waals surface area contributed by atoms with Crippen molar-refractivity contribution in [3.8, 4) is 0 Å². The molecular formula is C15H17FN2O2S. The lowest BCUT2D eigenvalue weighted by Crippen LogP contribution is -2.26. The van der Waals surface area contributed by atoms with Crippen molar-refractivity contribution in [3.05, 3.63) is 59.9 Å². The Morgan fingerprint density at radius 2 is 1.81 bits per heavy atom.